The highest BCUT2D eigenvalue weighted by atomic mass is 35.5. The number of nitro benzene ring substituents is 1. The fourth-order valence-corrected chi connectivity index (χ4v) is 2.75. The lowest BCUT2D eigenvalue weighted by Crippen LogP contribution is -2.10. The molecule has 0 spiro atoms. The van der Waals surface area contributed by atoms with Crippen LogP contribution in [-0.4, -0.2) is 13.3 Å². The molecule has 0 aliphatic carbocycles. The van der Waals surface area contributed by atoms with Crippen LogP contribution in [0.15, 0.2) is 47.4 Å². The minimum Gasteiger partial charge on any atom is -0.377 e. The van der Waals surface area contributed by atoms with E-state index in [2.05, 4.69) is 0 Å². The SMILES string of the molecule is Cc1ccc(S(=O)(=O)Oc2ccc([N+](=O)[O-])cc2Cl)cc1. The Morgan fingerprint density at radius 1 is 1.14 bits per heavy atom. The van der Waals surface area contributed by atoms with E-state index in [9.17, 15) is 18.5 Å². The molecular weight excluding hydrogens is 318 g/mol. The third kappa shape index (κ3) is 3.50. The molecule has 0 N–H and O–H groups in total. The van der Waals surface area contributed by atoms with E-state index in [1.807, 2.05) is 6.92 Å². The summed E-state index contributed by atoms with van der Waals surface area (Å²) in [5.41, 5.74) is 0.655. The molecule has 6 nitrogen and oxygen atoms in total. The maximum atomic E-state index is 12.1. The summed E-state index contributed by atoms with van der Waals surface area (Å²) >= 11 is 5.80. The Kier molecular flexibility index (Phi) is 4.15. The molecule has 0 fully saturated rings. The highest BCUT2D eigenvalue weighted by Crippen LogP contribution is 2.30. The number of non-ortho nitro benzene ring substituents is 1. The third-order valence-electron chi connectivity index (χ3n) is 2.64. The van der Waals surface area contributed by atoms with E-state index in [0.717, 1.165) is 23.8 Å². The van der Waals surface area contributed by atoms with E-state index in [-0.39, 0.29) is 21.4 Å². The number of halogens is 1. The molecule has 0 saturated carbocycles. The molecule has 0 saturated heterocycles. The standard InChI is InChI=1S/C13H10ClNO5S/c1-9-2-5-11(6-3-9)21(18,19)20-13-7-4-10(15(16)17)8-12(13)14/h2-8H,1H3. The first-order valence-electron chi connectivity index (χ1n) is 5.75. The van der Waals surface area contributed by atoms with Gasteiger partial charge in [-0.1, -0.05) is 29.3 Å². The zero-order valence-electron chi connectivity index (χ0n) is 10.8. The van der Waals surface area contributed by atoms with Crippen molar-refractivity contribution >= 4 is 27.4 Å². The van der Waals surface area contributed by atoms with Crippen LogP contribution in [0.25, 0.3) is 0 Å². The zero-order valence-corrected chi connectivity index (χ0v) is 12.4. The van der Waals surface area contributed by atoms with Crippen molar-refractivity contribution in [2.24, 2.45) is 0 Å². The first kappa shape index (κ1) is 15.3. The first-order chi connectivity index (χ1) is 9.79. The predicted octanol–water partition coefficient (Wildman–Crippen LogP) is 3.32. The van der Waals surface area contributed by atoms with Gasteiger partial charge in [0.2, 0.25) is 0 Å². The molecule has 110 valence electrons. The summed E-state index contributed by atoms with van der Waals surface area (Å²) in [6.07, 6.45) is 0. The first-order valence-corrected chi connectivity index (χ1v) is 7.53. The molecule has 0 heterocycles. The Hall–Kier alpha value is -2.12. The summed E-state index contributed by atoms with van der Waals surface area (Å²) in [6.45, 7) is 1.82. The highest BCUT2D eigenvalue weighted by molar-refractivity contribution is 7.87. The summed E-state index contributed by atoms with van der Waals surface area (Å²) in [5.74, 6) is -0.164. The van der Waals surface area contributed by atoms with Crippen LogP contribution in [-0.2, 0) is 10.1 Å². The number of nitro groups is 1. The minimum absolute atomic E-state index is 0.0254. The minimum atomic E-state index is -4.04. The highest BCUT2D eigenvalue weighted by Gasteiger charge is 2.19. The van der Waals surface area contributed by atoms with Crippen LogP contribution in [0.3, 0.4) is 0 Å². The lowest BCUT2D eigenvalue weighted by Gasteiger charge is -2.08. The Bertz CT molecular complexity index is 787. The molecule has 0 unspecified atom stereocenters. The summed E-state index contributed by atoms with van der Waals surface area (Å²) in [4.78, 5) is 9.93. The van der Waals surface area contributed by atoms with Gasteiger partial charge in [-0.15, -0.1) is 0 Å². The van der Waals surface area contributed by atoms with E-state index in [1.165, 1.54) is 12.1 Å². The van der Waals surface area contributed by atoms with Gasteiger partial charge in [0.1, 0.15) is 4.90 Å². The second-order valence-corrected chi connectivity index (χ2v) is 6.18. The number of hydrogen-bond donors (Lipinski definition) is 0. The van der Waals surface area contributed by atoms with Gasteiger partial charge in [0.25, 0.3) is 5.69 Å². The average Bonchev–Trinajstić information content (AvgIpc) is 2.41. The number of benzene rings is 2. The van der Waals surface area contributed by atoms with E-state index in [1.54, 1.807) is 12.1 Å². The van der Waals surface area contributed by atoms with Crippen LogP contribution in [0, 0.1) is 17.0 Å². The summed E-state index contributed by atoms with van der Waals surface area (Å²) in [7, 11) is -4.04. The fraction of sp³-hybridized carbons (Fsp3) is 0.0769. The fourth-order valence-electron chi connectivity index (χ4n) is 1.54. The van der Waals surface area contributed by atoms with Crippen molar-refractivity contribution in [3.05, 3.63) is 63.2 Å². The van der Waals surface area contributed by atoms with Crippen LogP contribution < -0.4 is 4.18 Å². The van der Waals surface area contributed by atoms with Crippen LogP contribution in [0.4, 0.5) is 5.69 Å². The predicted molar refractivity (Wildman–Crippen MR) is 77.1 cm³/mol. The summed E-state index contributed by atoms with van der Waals surface area (Å²) < 4.78 is 29.0. The van der Waals surface area contributed by atoms with Gasteiger partial charge in [-0.2, -0.15) is 8.42 Å². The molecule has 0 amide bonds. The number of nitrogens with zero attached hydrogens (tertiary/aromatic N) is 1. The molecule has 0 atom stereocenters. The Morgan fingerprint density at radius 3 is 2.29 bits per heavy atom. The molecule has 8 heteroatoms. The Labute approximate surface area is 126 Å². The third-order valence-corrected chi connectivity index (χ3v) is 4.18. The average molecular weight is 328 g/mol. The molecule has 21 heavy (non-hydrogen) atoms. The molecule has 2 aromatic rings. The van der Waals surface area contributed by atoms with E-state index in [0.29, 0.717) is 0 Å². The van der Waals surface area contributed by atoms with Gasteiger partial charge in [-0.3, -0.25) is 10.1 Å². The zero-order chi connectivity index (χ0) is 15.6. The number of hydrogen-bond acceptors (Lipinski definition) is 5. The van der Waals surface area contributed by atoms with E-state index < -0.39 is 15.0 Å². The lowest BCUT2D eigenvalue weighted by molar-refractivity contribution is -0.384. The van der Waals surface area contributed by atoms with Gasteiger partial charge < -0.3 is 4.18 Å². The molecule has 0 aromatic heterocycles. The van der Waals surface area contributed by atoms with Gasteiger partial charge in [0.05, 0.1) is 9.95 Å². The summed E-state index contributed by atoms with van der Waals surface area (Å²) in [6, 6.07) is 9.37. The van der Waals surface area contributed by atoms with Crippen LogP contribution in [0.1, 0.15) is 5.56 Å². The molecule has 2 rings (SSSR count). The van der Waals surface area contributed by atoms with E-state index in [4.69, 9.17) is 15.8 Å². The number of rotatable bonds is 4. The molecular formula is C13H10ClNO5S. The second kappa shape index (κ2) is 5.71. The smallest absolute Gasteiger partial charge is 0.339 e. The van der Waals surface area contributed by atoms with Crippen molar-refractivity contribution in [3.8, 4) is 5.75 Å². The largest absolute Gasteiger partial charge is 0.377 e. The lowest BCUT2D eigenvalue weighted by atomic mass is 10.2. The second-order valence-electron chi connectivity index (χ2n) is 4.22. The molecule has 2 aromatic carbocycles. The van der Waals surface area contributed by atoms with Crippen LogP contribution in [0.2, 0.25) is 5.02 Å². The van der Waals surface area contributed by atoms with Gasteiger partial charge in [-0.05, 0) is 25.1 Å². The molecule has 0 aliphatic heterocycles. The normalized spacial score (nSPS) is 11.1. The topological polar surface area (TPSA) is 86.5 Å². The van der Waals surface area contributed by atoms with Crippen molar-refractivity contribution in [2.45, 2.75) is 11.8 Å². The van der Waals surface area contributed by atoms with Crippen LogP contribution >= 0.6 is 11.6 Å². The molecule has 0 bridgehead atoms. The van der Waals surface area contributed by atoms with Crippen molar-refractivity contribution in [1.82, 2.24) is 0 Å². The molecule has 0 aliphatic rings. The van der Waals surface area contributed by atoms with Crippen molar-refractivity contribution in [3.63, 3.8) is 0 Å². The van der Waals surface area contributed by atoms with Gasteiger partial charge in [-0.25, -0.2) is 0 Å². The van der Waals surface area contributed by atoms with Crippen molar-refractivity contribution < 1.29 is 17.5 Å². The van der Waals surface area contributed by atoms with Crippen LogP contribution in [0.5, 0.6) is 5.75 Å². The maximum absolute atomic E-state index is 12.1. The van der Waals surface area contributed by atoms with E-state index >= 15 is 0 Å². The quantitative estimate of drug-likeness (QED) is 0.488. The Morgan fingerprint density at radius 2 is 1.76 bits per heavy atom. The van der Waals surface area contributed by atoms with Crippen molar-refractivity contribution in [1.29, 1.82) is 0 Å². The van der Waals surface area contributed by atoms with Crippen molar-refractivity contribution in [2.75, 3.05) is 0 Å². The number of aryl methyl sites for hydroxylation is 1. The monoisotopic (exact) mass is 327 g/mol. The van der Waals surface area contributed by atoms with Gasteiger partial charge >= 0.3 is 10.1 Å². The summed E-state index contributed by atoms with van der Waals surface area (Å²) in [5, 5.41) is 10.4. The molecule has 0 radical (unpaired) electrons. The maximum Gasteiger partial charge on any atom is 0.339 e. The van der Waals surface area contributed by atoms with Gasteiger partial charge in [0.15, 0.2) is 5.75 Å². The Balaban J connectivity index is 2.32. The van der Waals surface area contributed by atoms with Gasteiger partial charge in [0, 0.05) is 12.1 Å².